The zero-order valence-corrected chi connectivity index (χ0v) is 13.4. The molecule has 112 valence electrons. The van der Waals surface area contributed by atoms with Crippen LogP contribution in [0.5, 0.6) is 0 Å². The second-order valence-electron chi connectivity index (χ2n) is 4.80. The number of amides is 1. The summed E-state index contributed by atoms with van der Waals surface area (Å²) < 4.78 is 13.9. The molecule has 0 fully saturated rings. The molecule has 0 spiro atoms. The van der Waals surface area contributed by atoms with Crippen molar-refractivity contribution in [2.24, 2.45) is 0 Å². The van der Waals surface area contributed by atoms with E-state index in [4.69, 9.17) is 0 Å². The van der Waals surface area contributed by atoms with E-state index in [9.17, 15) is 9.18 Å². The van der Waals surface area contributed by atoms with Crippen molar-refractivity contribution in [2.75, 3.05) is 0 Å². The Labute approximate surface area is 136 Å². The van der Waals surface area contributed by atoms with Crippen LogP contribution >= 0.6 is 22.7 Å². The van der Waals surface area contributed by atoms with Crippen LogP contribution < -0.4 is 0 Å². The van der Waals surface area contributed by atoms with Crippen molar-refractivity contribution < 1.29 is 9.18 Å². The first-order valence-corrected chi connectivity index (χ1v) is 8.58. The van der Waals surface area contributed by atoms with E-state index in [1.54, 1.807) is 39.7 Å². The van der Waals surface area contributed by atoms with Crippen molar-refractivity contribution in [1.82, 2.24) is 4.90 Å². The first-order valence-electron chi connectivity index (χ1n) is 6.82. The maximum Gasteiger partial charge on any atom is 0.257 e. The molecule has 0 aliphatic heterocycles. The molecule has 2 aromatic heterocycles. The molecule has 0 aliphatic carbocycles. The Hall–Kier alpha value is -1.98. The topological polar surface area (TPSA) is 20.3 Å². The molecule has 3 aromatic rings. The summed E-state index contributed by atoms with van der Waals surface area (Å²) in [6, 6.07) is 14.0. The third-order valence-electron chi connectivity index (χ3n) is 3.25. The lowest BCUT2D eigenvalue weighted by molar-refractivity contribution is 0.0729. The smallest absolute Gasteiger partial charge is 0.257 e. The van der Waals surface area contributed by atoms with Gasteiger partial charge in [-0.2, -0.15) is 0 Å². The fraction of sp³-hybridized carbons (Fsp3) is 0.118. The van der Waals surface area contributed by atoms with Gasteiger partial charge in [-0.25, -0.2) is 4.39 Å². The minimum Gasteiger partial charge on any atom is -0.328 e. The van der Waals surface area contributed by atoms with Gasteiger partial charge in [0.15, 0.2) is 0 Å². The van der Waals surface area contributed by atoms with Gasteiger partial charge in [0.1, 0.15) is 5.82 Å². The molecule has 0 unspecified atom stereocenters. The van der Waals surface area contributed by atoms with Gasteiger partial charge in [-0.3, -0.25) is 4.79 Å². The van der Waals surface area contributed by atoms with Crippen LogP contribution in [-0.2, 0) is 13.1 Å². The number of benzene rings is 1. The van der Waals surface area contributed by atoms with Crippen molar-refractivity contribution in [2.45, 2.75) is 13.1 Å². The quantitative estimate of drug-likeness (QED) is 0.658. The van der Waals surface area contributed by atoms with Crippen molar-refractivity contribution in [3.8, 4) is 0 Å². The monoisotopic (exact) mass is 331 g/mol. The molecule has 2 heterocycles. The predicted molar refractivity (Wildman–Crippen MR) is 88.6 cm³/mol. The van der Waals surface area contributed by atoms with Crippen molar-refractivity contribution in [1.29, 1.82) is 0 Å². The Morgan fingerprint density at radius 3 is 2.00 bits per heavy atom. The summed E-state index contributed by atoms with van der Waals surface area (Å²) in [6.07, 6.45) is 0. The number of nitrogens with zero attached hydrogens (tertiary/aromatic N) is 1. The molecule has 0 atom stereocenters. The number of hydrogen-bond donors (Lipinski definition) is 0. The Morgan fingerprint density at radius 1 is 0.909 bits per heavy atom. The summed E-state index contributed by atoms with van der Waals surface area (Å²) in [5.74, 6) is -0.755. The summed E-state index contributed by atoms with van der Waals surface area (Å²) in [4.78, 5) is 16.6. The fourth-order valence-electron chi connectivity index (χ4n) is 2.19. The molecular formula is C17H14FNOS2. The highest BCUT2D eigenvalue weighted by Gasteiger charge is 2.20. The van der Waals surface area contributed by atoms with Crippen LogP contribution in [0.1, 0.15) is 20.1 Å². The van der Waals surface area contributed by atoms with Crippen LogP contribution in [0.2, 0.25) is 0 Å². The average molecular weight is 331 g/mol. The normalized spacial score (nSPS) is 10.6. The lowest BCUT2D eigenvalue weighted by Crippen LogP contribution is -2.30. The molecule has 2 nitrogen and oxygen atoms in total. The van der Waals surface area contributed by atoms with E-state index in [0.29, 0.717) is 13.1 Å². The highest BCUT2D eigenvalue weighted by atomic mass is 32.1. The second-order valence-corrected chi connectivity index (χ2v) is 6.86. The Morgan fingerprint density at radius 2 is 1.50 bits per heavy atom. The first kappa shape index (κ1) is 14.9. The van der Waals surface area contributed by atoms with Gasteiger partial charge in [-0.1, -0.05) is 24.3 Å². The Balaban J connectivity index is 1.87. The molecule has 1 amide bonds. The maximum absolute atomic E-state index is 13.9. The summed E-state index contributed by atoms with van der Waals surface area (Å²) in [5, 5.41) is 3.96. The van der Waals surface area contributed by atoms with E-state index in [2.05, 4.69) is 0 Å². The summed E-state index contributed by atoms with van der Waals surface area (Å²) in [5.41, 5.74) is 0.121. The van der Waals surface area contributed by atoms with Gasteiger partial charge >= 0.3 is 0 Å². The minimum absolute atomic E-state index is 0.121. The molecule has 22 heavy (non-hydrogen) atoms. The highest BCUT2D eigenvalue weighted by Crippen LogP contribution is 2.20. The summed E-state index contributed by atoms with van der Waals surface area (Å²) >= 11 is 3.19. The lowest BCUT2D eigenvalue weighted by atomic mass is 10.2. The van der Waals surface area contributed by atoms with Crippen LogP contribution in [0, 0.1) is 5.82 Å². The van der Waals surface area contributed by atoms with Crippen LogP contribution in [0.15, 0.2) is 59.3 Å². The molecule has 0 aliphatic rings. The predicted octanol–water partition coefficient (Wildman–Crippen LogP) is 4.79. The third-order valence-corrected chi connectivity index (χ3v) is 4.97. The van der Waals surface area contributed by atoms with E-state index >= 15 is 0 Å². The van der Waals surface area contributed by atoms with Crippen molar-refractivity contribution in [3.05, 3.63) is 80.4 Å². The first-order chi connectivity index (χ1) is 10.7. The van der Waals surface area contributed by atoms with Gasteiger partial charge < -0.3 is 4.90 Å². The zero-order valence-electron chi connectivity index (χ0n) is 11.7. The number of hydrogen-bond acceptors (Lipinski definition) is 3. The second kappa shape index (κ2) is 6.85. The van der Waals surface area contributed by atoms with Crippen LogP contribution in [0.4, 0.5) is 4.39 Å². The number of carbonyl (C=O) groups excluding carboxylic acids is 1. The summed E-state index contributed by atoms with van der Waals surface area (Å²) in [6.45, 7) is 0.978. The molecular weight excluding hydrogens is 317 g/mol. The van der Waals surface area contributed by atoms with E-state index in [1.807, 2.05) is 35.0 Å². The fourth-order valence-corrected chi connectivity index (χ4v) is 3.62. The molecule has 1 aromatic carbocycles. The molecule has 0 saturated heterocycles. The molecule has 0 bridgehead atoms. The SMILES string of the molecule is O=C(c1ccccc1F)N(Cc1cccs1)Cc1cccs1. The standard InChI is InChI=1S/C17H14FNOS2/c18-16-8-2-1-7-15(16)17(20)19(11-13-5-3-9-21-13)12-14-6-4-10-22-14/h1-10H,11-12H2. The van der Waals surface area contributed by atoms with E-state index in [-0.39, 0.29) is 11.5 Å². The van der Waals surface area contributed by atoms with Crippen molar-refractivity contribution in [3.63, 3.8) is 0 Å². The zero-order chi connectivity index (χ0) is 15.4. The van der Waals surface area contributed by atoms with Crippen LogP contribution in [0.25, 0.3) is 0 Å². The lowest BCUT2D eigenvalue weighted by Gasteiger charge is -2.22. The Kier molecular flexibility index (Phi) is 4.65. The maximum atomic E-state index is 13.9. The van der Waals surface area contributed by atoms with E-state index in [1.165, 1.54) is 12.1 Å². The average Bonchev–Trinajstić information content (AvgIpc) is 3.20. The van der Waals surface area contributed by atoms with Crippen LogP contribution in [0.3, 0.4) is 0 Å². The van der Waals surface area contributed by atoms with E-state index in [0.717, 1.165) is 9.75 Å². The largest absolute Gasteiger partial charge is 0.328 e. The van der Waals surface area contributed by atoms with Gasteiger partial charge in [0.2, 0.25) is 0 Å². The van der Waals surface area contributed by atoms with Gasteiger partial charge in [0.05, 0.1) is 18.7 Å². The van der Waals surface area contributed by atoms with E-state index < -0.39 is 5.82 Å². The third kappa shape index (κ3) is 3.43. The van der Waals surface area contributed by atoms with Crippen molar-refractivity contribution >= 4 is 28.6 Å². The highest BCUT2D eigenvalue weighted by molar-refractivity contribution is 7.10. The Bertz CT molecular complexity index is 702. The molecule has 0 radical (unpaired) electrons. The molecule has 0 N–H and O–H groups in total. The number of rotatable bonds is 5. The van der Waals surface area contributed by atoms with Crippen LogP contribution in [-0.4, -0.2) is 10.8 Å². The summed E-state index contributed by atoms with van der Waals surface area (Å²) in [7, 11) is 0. The van der Waals surface area contributed by atoms with Gasteiger partial charge in [-0.05, 0) is 35.0 Å². The number of thiophene rings is 2. The molecule has 0 saturated carbocycles. The van der Waals surface area contributed by atoms with Gasteiger partial charge in [0.25, 0.3) is 5.91 Å². The number of carbonyl (C=O) groups is 1. The molecule has 5 heteroatoms. The minimum atomic E-state index is -0.477. The van der Waals surface area contributed by atoms with Gasteiger partial charge in [0, 0.05) is 9.75 Å². The molecule has 3 rings (SSSR count). The number of halogens is 1. The van der Waals surface area contributed by atoms with Gasteiger partial charge in [-0.15, -0.1) is 22.7 Å².